The summed E-state index contributed by atoms with van der Waals surface area (Å²) in [5.41, 5.74) is 0. The molecule has 0 heterocycles. The highest BCUT2D eigenvalue weighted by Gasteiger charge is 2.04. The lowest BCUT2D eigenvalue weighted by atomic mass is 10.0. The topological polar surface area (TPSA) is 46.5 Å². The third-order valence-corrected chi connectivity index (χ3v) is 4.04. The number of unbranched alkanes of at least 4 members (excludes halogenated alkanes) is 13. The Morgan fingerprint density at radius 2 is 1.23 bits per heavy atom. The average molecular weight is 312 g/mol. The lowest BCUT2D eigenvalue weighted by molar-refractivity contribution is -0.139. The molecule has 0 radical (unpaired) electrons. The smallest absolute Gasteiger partial charge is 0.372 e. The van der Waals surface area contributed by atoms with E-state index in [4.69, 9.17) is 0 Å². The summed E-state index contributed by atoms with van der Waals surface area (Å²) in [7, 11) is 1.28. The highest BCUT2D eigenvalue weighted by Crippen LogP contribution is 2.13. The van der Waals surface area contributed by atoms with Crippen LogP contribution in [0.25, 0.3) is 0 Å². The number of aliphatic hydroxyl groups excluding tert-OH is 1. The zero-order chi connectivity index (χ0) is 16.5. The molecular formula is C19H36O3. The Hall–Kier alpha value is -0.990. The summed E-state index contributed by atoms with van der Waals surface area (Å²) in [5, 5.41) is 9.30. The molecule has 0 amide bonds. The van der Waals surface area contributed by atoms with Gasteiger partial charge in [0.2, 0.25) is 0 Å². The predicted octanol–water partition coefficient (Wildman–Crippen LogP) is 6.08. The fourth-order valence-corrected chi connectivity index (χ4v) is 2.59. The van der Waals surface area contributed by atoms with Crippen molar-refractivity contribution < 1.29 is 14.6 Å². The lowest BCUT2D eigenvalue weighted by Crippen LogP contribution is -2.03. The number of esters is 1. The molecule has 0 aliphatic rings. The number of allylic oxidation sites excluding steroid dienone is 1. The first kappa shape index (κ1) is 21.0. The SMILES string of the molecule is CCCCCCCCCCCCCCCC=C(O)C(=O)OC. The van der Waals surface area contributed by atoms with Crippen molar-refractivity contribution in [2.24, 2.45) is 0 Å². The molecule has 0 unspecified atom stereocenters. The van der Waals surface area contributed by atoms with Gasteiger partial charge in [0, 0.05) is 0 Å². The second kappa shape index (κ2) is 16.4. The maximum Gasteiger partial charge on any atom is 0.372 e. The average Bonchev–Trinajstić information content (AvgIpc) is 2.54. The molecule has 0 bridgehead atoms. The van der Waals surface area contributed by atoms with Crippen LogP contribution < -0.4 is 0 Å². The summed E-state index contributed by atoms with van der Waals surface area (Å²) < 4.78 is 4.42. The molecule has 1 N–H and O–H groups in total. The first-order valence-electron chi connectivity index (χ1n) is 9.19. The normalized spacial score (nSPS) is 11.6. The molecule has 0 aliphatic carbocycles. The number of methoxy groups -OCH3 is 1. The van der Waals surface area contributed by atoms with E-state index in [1.165, 1.54) is 84.2 Å². The first-order chi connectivity index (χ1) is 10.7. The molecule has 0 spiro atoms. The minimum absolute atomic E-state index is 0.263. The Labute approximate surface area is 137 Å². The monoisotopic (exact) mass is 312 g/mol. The summed E-state index contributed by atoms with van der Waals surface area (Å²) in [6.45, 7) is 2.26. The standard InChI is InChI=1S/C19H36O3/c1-3-4-5-6-7-8-9-10-11-12-13-14-15-16-17-18(20)19(21)22-2/h17,20H,3-16H2,1-2H3. The fourth-order valence-electron chi connectivity index (χ4n) is 2.59. The van der Waals surface area contributed by atoms with Crippen molar-refractivity contribution in [1.29, 1.82) is 0 Å². The number of rotatable bonds is 15. The van der Waals surface area contributed by atoms with Crippen molar-refractivity contribution in [3.05, 3.63) is 11.8 Å². The van der Waals surface area contributed by atoms with Crippen molar-refractivity contribution in [3.8, 4) is 0 Å². The van der Waals surface area contributed by atoms with E-state index in [1.807, 2.05) is 0 Å². The number of ether oxygens (including phenoxy) is 1. The van der Waals surface area contributed by atoms with Gasteiger partial charge >= 0.3 is 5.97 Å². The van der Waals surface area contributed by atoms with Gasteiger partial charge in [-0.2, -0.15) is 0 Å². The zero-order valence-corrected chi connectivity index (χ0v) is 14.7. The number of hydrogen-bond acceptors (Lipinski definition) is 3. The van der Waals surface area contributed by atoms with Crippen LogP contribution in [0.3, 0.4) is 0 Å². The van der Waals surface area contributed by atoms with Crippen molar-refractivity contribution in [1.82, 2.24) is 0 Å². The molecule has 0 rings (SSSR count). The molecule has 3 nitrogen and oxygen atoms in total. The van der Waals surface area contributed by atoms with Crippen LogP contribution in [-0.4, -0.2) is 18.2 Å². The molecule has 0 aromatic rings. The van der Waals surface area contributed by atoms with Gasteiger partial charge in [-0.1, -0.05) is 84.0 Å². The second-order valence-corrected chi connectivity index (χ2v) is 6.11. The Morgan fingerprint density at radius 1 is 0.818 bits per heavy atom. The van der Waals surface area contributed by atoms with Gasteiger partial charge in [-0.15, -0.1) is 0 Å². The minimum atomic E-state index is -0.644. The quantitative estimate of drug-likeness (QED) is 0.172. The molecule has 0 aliphatic heterocycles. The molecule has 0 aromatic carbocycles. The third kappa shape index (κ3) is 14.0. The van der Waals surface area contributed by atoms with Gasteiger partial charge < -0.3 is 9.84 Å². The molecule has 22 heavy (non-hydrogen) atoms. The summed E-state index contributed by atoms with van der Waals surface area (Å²) in [4.78, 5) is 10.9. The van der Waals surface area contributed by atoms with Crippen LogP contribution in [0.5, 0.6) is 0 Å². The summed E-state index contributed by atoms with van der Waals surface area (Å²) in [6, 6.07) is 0. The van der Waals surface area contributed by atoms with Crippen molar-refractivity contribution in [3.63, 3.8) is 0 Å². The van der Waals surface area contributed by atoms with E-state index in [2.05, 4.69) is 11.7 Å². The van der Waals surface area contributed by atoms with Gasteiger partial charge in [0.05, 0.1) is 7.11 Å². The number of carbonyl (C=O) groups is 1. The molecule has 0 fully saturated rings. The third-order valence-electron chi connectivity index (χ3n) is 4.04. The van der Waals surface area contributed by atoms with E-state index in [1.54, 1.807) is 6.08 Å². The molecule has 0 saturated carbocycles. The Kier molecular flexibility index (Phi) is 15.6. The molecule has 130 valence electrons. The molecule has 0 saturated heterocycles. The fraction of sp³-hybridized carbons (Fsp3) is 0.842. The van der Waals surface area contributed by atoms with Gasteiger partial charge in [0.1, 0.15) is 0 Å². The van der Waals surface area contributed by atoms with Crippen molar-refractivity contribution in [2.45, 2.75) is 96.8 Å². The van der Waals surface area contributed by atoms with E-state index in [0.717, 1.165) is 12.8 Å². The second-order valence-electron chi connectivity index (χ2n) is 6.11. The first-order valence-corrected chi connectivity index (χ1v) is 9.19. The van der Waals surface area contributed by atoms with Crippen LogP contribution in [0.4, 0.5) is 0 Å². The van der Waals surface area contributed by atoms with Crippen LogP contribution >= 0.6 is 0 Å². The zero-order valence-electron chi connectivity index (χ0n) is 14.7. The van der Waals surface area contributed by atoms with Crippen LogP contribution in [0.15, 0.2) is 11.8 Å². The number of aliphatic hydroxyl groups is 1. The van der Waals surface area contributed by atoms with Crippen molar-refractivity contribution >= 4 is 5.97 Å². The number of hydrogen-bond donors (Lipinski definition) is 1. The maximum absolute atomic E-state index is 10.9. The van der Waals surface area contributed by atoms with Gasteiger partial charge in [0.15, 0.2) is 5.76 Å². The maximum atomic E-state index is 10.9. The lowest BCUT2D eigenvalue weighted by Gasteiger charge is -2.02. The van der Waals surface area contributed by atoms with Gasteiger partial charge in [-0.25, -0.2) is 4.79 Å². The molecule has 0 aromatic heterocycles. The number of carbonyl (C=O) groups excluding carboxylic acids is 1. The molecule has 3 heteroatoms. The molecule has 0 atom stereocenters. The van der Waals surface area contributed by atoms with E-state index in [9.17, 15) is 9.90 Å². The minimum Gasteiger partial charge on any atom is -0.502 e. The van der Waals surface area contributed by atoms with E-state index in [0.29, 0.717) is 0 Å². The highest BCUT2D eigenvalue weighted by atomic mass is 16.5. The van der Waals surface area contributed by atoms with Gasteiger partial charge in [-0.05, 0) is 18.9 Å². The molecular weight excluding hydrogens is 276 g/mol. The van der Waals surface area contributed by atoms with E-state index < -0.39 is 5.97 Å². The van der Waals surface area contributed by atoms with E-state index in [-0.39, 0.29) is 5.76 Å². The predicted molar refractivity (Wildman–Crippen MR) is 93.0 cm³/mol. The van der Waals surface area contributed by atoms with E-state index >= 15 is 0 Å². The van der Waals surface area contributed by atoms with Crippen LogP contribution in [0.2, 0.25) is 0 Å². The van der Waals surface area contributed by atoms with Crippen LogP contribution in [0.1, 0.15) is 96.8 Å². The van der Waals surface area contributed by atoms with Crippen molar-refractivity contribution in [2.75, 3.05) is 7.11 Å². The summed E-state index contributed by atoms with van der Waals surface area (Å²) >= 11 is 0. The van der Waals surface area contributed by atoms with Crippen LogP contribution in [-0.2, 0) is 9.53 Å². The highest BCUT2D eigenvalue weighted by molar-refractivity contribution is 5.85. The van der Waals surface area contributed by atoms with Crippen LogP contribution in [0, 0.1) is 0 Å². The van der Waals surface area contributed by atoms with Gasteiger partial charge in [0.25, 0.3) is 0 Å². The largest absolute Gasteiger partial charge is 0.502 e. The Balaban J connectivity index is 3.19. The Morgan fingerprint density at radius 3 is 1.64 bits per heavy atom. The summed E-state index contributed by atoms with van der Waals surface area (Å²) in [5.74, 6) is -0.906. The van der Waals surface area contributed by atoms with Gasteiger partial charge in [-0.3, -0.25) is 0 Å². The Bertz CT molecular complexity index is 284. The summed E-state index contributed by atoms with van der Waals surface area (Å²) in [6.07, 6.45) is 19.5.